The molecule has 0 unspecified atom stereocenters. The van der Waals surface area contributed by atoms with E-state index in [0.717, 1.165) is 32.3 Å². The minimum Gasteiger partial charge on any atom is -0.294 e. The lowest BCUT2D eigenvalue weighted by molar-refractivity contribution is 0.749. The molecule has 2 heterocycles. The maximum Gasteiger partial charge on any atom is 0.263 e. The molecule has 3 nitrogen and oxygen atoms in total. The molecule has 0 atom stereocenters. The lowest BCUT2D eigenvalue weighted by Gasteiger charge is -2.08. The highest BCUT2D eigenvalue weighted by Gasteiger charge is 2.15. The molecule has 0 radical (unpaired) electrons. The minimum absolute atomic E-state index is 0.0332. The molecule has 0 saturated carbocycles. The first-order chi connectivity index (χ1) is 13.7. The summed E-state index contributed by atoms with van der Waals surface area (Å²) in [4.78, 5) is 18.6. The number of rotatable bonds is 3. The standard InChI is InChI=1S/C23H15ClN2OS/c24-17-8-3-5-15(11-17)12-26-14-25-22-21(23(26)27)20(13-28-22)19-10-4-7-16-6-1-2-9-18(16)19/h1-11,13-14H,12H2. The number of benzene rings is 3. The highest BCUT2D eigenvalue weighted by Crippen LogP contribution is 2.35. The normalized spacial score (nSPS) is 11.3. The zero-order valence-electron chi connectivity index (χ0n) is 14.8. The van der Waals surface area contributed by atoms with Crippen LogP contribution in [0.25, 0.3) is 32.1 Å². The number of fused-ring (bicyclic) bond motifs is 2. The third-order valence-corrected chi connectivity index (χ3v) is 6.00. The van der Waals surface area contributed by atoms with E-state index in [1.807, 2.05) is 47.8 Å². The van der Waals surface area contributed by atoms with Gasteiger partial charge in [-0.05, 0) is 34.0 Å². The molecule has 0 spiro atoms. The zero-order chi connectivity index (χ0) is 19.1. The Balaban J connectivity index is 1.70. The molecule has 0 aliphatic carbocycles. The molecule has 2 aromatic heterocycles. The third-order valence-electron chi connectivity index (χ3n) is 4.88. The van der Waals surface area contributed by atoms with Gasteiger partial charge in [-0.15, -0.1) is 11.3 Å². The predicted octanol–water partition coefficient (Wildman–Crippen LogP) is 5.98. The van der Waals surface area contributed by atoms with Gasteiger partial charge in [-0.3, -0.25) is 9.36 Å². The summed E-state index contributed by atoms with van der Waals surface area (Å²) < 4.78 is 1.65. The van der Waals surface area contributed by atoms with Crippen LogP contribution in [0.2, 0.25) is 5.02 Å². The number of halogens is 1. The van der Waals surface area contributed by atoms with Crippen LogP contribution >= 0.6 is 22.9 Å². The van der Waals surface area contributed by atoms with E-state index in [0.29, 0.717) is 17.0 Å². The van der Waals surface area contributed by atoms with Gasteiger partial charge in [0.05, 0.1) is 18.3 Å². The van der Waals surface area contributed by atoms with Crippen LogP contribution in [0.15, 0.2) is 83.2 Å². The molecule has 5 heteroatoms. The van der Waals surface area contributed by atoms with Gasteiger partial charge in [-0.2, -0.15) is 0 Å². The largest absolute Gasteiger partial charge is 0.294 e. The third kappa shape index (κ3) is 2.91. The van der Waals surface area contributed by atoms with Gasteiger partial charge < -0.3 is 0 Å². The Labute approximate surface area is 170 Å². The summed E-state index contributed by atoms with van der Waals surface area (Å²) in [6.45, 7) is 0.438. The average molecular weight is 403 g/mol. The van der Waals surface area contributed by atoms with Crippen LogP contribution in [0.5, 0.6) is 0 Å². The van der Waals surface area contributed by atoms with Crippen LogP contribution in [-0.2, 0) is 6.54 Å². The highest BCUT2D eigenvalue weighted by molar-refractivity contribution is 7.17. The van der Waals surface area contributed by atoms with Crippen molar-refractivity contribution in [1.82, 2.24) is 9.55 Å². The number of hydrogen-bond donors (Lipinski definition) is 0. The van der Waals surface area contributed by atoms with E-state index in [2.05, 4.69) is 29.2 Å². The van der Waals surface area contributed by atoms with Crippen molar-refractivity contribution in [2.24, 2.45) is 0 Å². The van der Waals surface area contributed by atoms with Crippen molar-refractivity contribution in [3.05, 3.63) is 99.4 Å². The van der Waals surface area contributed by atoms with Gasteiger partial charge in [-0.25, -0.2) is 4.98 Å². The summed E-state index contributed by atoms with van der Waals surface area (Å²) in [6.07, 6.45) is 1.62. The molecule has 3 aromatic carbocycles. The fourth-order valence-electron chi connectivity index (χ4n) is 3.57. The van der Waals surface area contributed by atoms with Gasteiger partial charge in [-0.1, -0.05) is 66.2 Å². The first kappa shape index (κ1) is 17.2. The minimum atomic E-state index is -0.0332. The van der Waals surface area contributed by atoms with Crippen molar-refractivity contribution in [3.63, 3.8) is 0 Å². The monoisotopic (exact) mass is 402 g/mol. The maximum absolute atomic E-state index is 13.3. The summed E-state index contributed by atoms with van der Waals surface area (Å²) in [7, 11) is 0. The Morgan fingerprint density at radius 1 is 0.964 bits per heavy atom. The van der Waals surface area contributed by atoms with E-state index in [1.165, 1.54) is 11.3 Å². The Bertz CT molecular complexity index is 1380. The van der Waals surface area contributed by atoms with Crippen molar-refractivity contribution in [2.75, 3.05) is 0 Å². The summed E-state index contributed by atoms with van der Waals surface area (Å²) in [6, 6.07) is 22.0. The summed E-state index contributed by atoms with van der Waals surface area (Å²) in [5.74, 6) is 0. The fraction of sp³-hybridized carbons (Fsp3) is 0.0435. The molecule has 0 saturated heterocycles. The number of thiophene rings is 1. The summed E-state index contributed by atoms with van der Waals surface area (Å²) in [5.41, 5.74) is 2.94. The SMILES string of the molecule is O=c1c2c(-c3cccc4ccccc34)csc2ncn1Cc1cccc(Cl)c1. The maximum atomic E-state index is 13.3. The second-order valence-electron chi connectivity index (χ2n) is 6.66. The molecule has 0 aliphatic heterocycles. The Morgan fingerprint density at radius 2 is 1.79 bits per heavy atom. The first-order valence-corrected chi connectivity index (χ1v) is 10.2. The number of nitrogens with zero attached hydrogens (tertiary/aromatic N) is 2. The van der Waals surface area contributed by atoms with E-state index in [9.17, 15) is 4.79 Å². The molecular weight excluding hydrogens is 388 g/mol. The van der Waals surface area contributed by atoms with Gasteiger partial charge in [0.25, 0.3) is 5.56 Å². The molecule has 0 amide bonds. The van der Waals surface area contributed by atoms with Gasteiger partial charge in [0, 0.05) is 16.0 Å². The average Bonchev–Trinajstić information content (AvgIpc) is 3.14. The predicted molar refractivity (Wildman–Crippen MR) is 117 cm³/mol. The topological polar surface area (TPSA) is 34.9 Å². The van der Waals surface area contributed by atoms with Crippen LogP contribution in [0.3, 0.4) is 0 Å². The molecule has 0 fully saturated rings. The fourth-order valence-corrected chi connectivity index (χ4v) is 4.68. The molecule has 5 rings (SSSR count). The van der Waals surface area contributed by atoms with Crippen molar-refractivity contribution >= 4 is 43.9 Å². The molecule has 0 bridgehead atoms. The quantitative estimate of drug-likeness (QED) is 0.372. The van der Waals surface area contributed by atoms with Crippen LogP contribution in [0, 0.1) is 0 Å². The smallest absolute Gasteiger partial charge is 0.263 e. The number of aromatic nitrogens is 2. The van der Waals surface area contributed by atoms with Crippen molar-refractivity contribution in [1.29, 1.82) is 0 Å². The molecule has 136 valence electrons. The van der Waals surface area contributed by atoms with Gasteiger partial charge in [0.1, 0.15) is 4.83 Å². The Hall–Kier alpha value is -2.95. The van der Waals surface area contributed by atoms with Gasteiger partial charge in [0.15, 0.2) is 0 Å². The van der Waals surface area contributed by atoms with Crippen LogP contribution in [0.4, 0.5) is 0 Å². The summed E-state index contributed by atoms with van der Waals surface area (Å²) >= 11 is 7.59. The lowest BCUT2D eigenvalue weighted by atomic mass is 9.99. The highest BCUT2D eigenvalue weighted by atomic mass is 35.5. The van der Waals surface area contributed by atoms with E-state index < -0.39 is 0 Å². The van der Waals surface area contributed by atoms with Crippen LogP contribution in [-0.4, -0.2) is 9.55 Å². The molecule has 28 heavy (non-hydrogen) atoms. The molecule has 5 aromatic rings. The second-order valence-corrected chi connectivity index (χ2v) is 7.96. The van der Waals surface area contributed by atoms with Gasteiger partial charge in [0.2, 0.25) is 0 Å². The Morgan fingerprint density at radius 3 is 2.68 bits per heavy atom. The molecule has 0 aliphatic rings. The summed E-state index contributed by atoms with van der Waals surface area (Å²) in [5, 5.41) is 5.65. The number of hydrogen-bond acceptors (Lipinski definition) is 3. The Kier molecular flexibility index (Phi) is 4.23. The van der Waals surface area contributed by atoms with E-state index >= 15 is 0 Å². The van der Waals surface area contributed by atoms with Crippen molar-refractivity contribution in [2.45, 2.75) is 6.54 Å². The van der Waals surface area contributed by atoms with Crippen molar-refractivity contribution < 1.29 is 0 Å². The molecular formula is C23H15ClN2OS. The van der Waals surface area contributed by atoms with Crippen LogP contribution in [0.1, 0.15) is 5.56 Å². The van der Waals surface area contributed by atoms with Crippen LogP contribution < -0.4 is 5.56 Å². The lowest BCUT2D eigenvalue weighted by Crippen LogP contribution is -2.20. The first-order valence-electron chi connectivity index (χ1n) is 8.90. The van der Waals surface area contributed by atoms with E-state index in [-0.39, 0.29) is 5.56 Å². The van der Waals surface area contributed by atoms with Gasteiger partial charge >= 0.3 is 0 Å². The van der Waals surface area contributed by atoms with E-state index in [4.69, 9.17) is 11.6 Å². The molecule has 0 N–H and O–H groups in total. The van der Waals surface area contributed by atoms with E-state index in [1.54, 1.807) is 10.9 Å². The zero-order valence-corrected chi connectivity index (χ0v) is 16.4. The van der Waals surface area contributed by atoms with Crippen molar-refractivity contribution in [3.8, 4) is 11.1 Å². The second kappa shape index (κ2) is 6.89.